The van der Waals surface area contributed by atoms with Gasteiger partial charge in [0.05, 0.1) is 16.3 Å². The van der Waals surface area contributed by atoms with E-state index in [4.69, 9.17) is 23.2 Å². The molecule has 1 aromatic rings. The van der Waals surface area contributed by atoms with Gasteiger partial charge in [0.25, 0.3) is 0 Å². The highest BCUT2D eigenvalue weighted by Gasteiger charge is 2.47. The molecule has 0 radical (unpaired) electrons. The van der Waals surface area contributed by atoms with E-state index in [-0.39, 0.29) is 73.0 Å². The minimum atomic E-state index is -3.34. The van der Waals surface area contributed by atoms with E-state index in [2.05, 4.69) is 0 Å². The van der Waals surface area contributed by atoms with Gasteiger partial charge in [0.15, 0.2) is 5.78 Å². The monoisotopic (exact) mass is 528 g/mol. The lowest BCUT2D eigenvalue weighted by atomic mass is 9.74. The molecule has 1 aromatic carbocycles. The number of rotatable bonds is 8. The van der Waals surface area contributed by atoms with Crippen LogP contribution >= 0.6 is 23.2 Å². The third kappa shape index (κ3) is 6.23. The van der Waals surface area contributed by atoms with Gasteiger partial charge in [-0.1, -0.05) is 30.1 Å². The summed E-state index contributed by atoms with van der Waals surface area (Å²) in [7, 11) is -3.34. The van der Waals surface area contributed by atoms with E-state index in [9.17, 15) is 26.4 Å². The van der Waals surface area contributed by atoms with Crippen LogP contribution in [0.25, 0.3) is 0 Å². The van der Waals surface area contributed by atoms with Gasteiger partial charge in [-0.15, -0.1) is 0 Å². The van der Waals surface area contributed by atoms with Crippen molar-refractivity contribution in [3.63, 3.8) is 0 Å². The molecule has 11 heteroatoms. The number of ketones is 1. The minimum Gasteiger partial charge on any atom is -0.295 e. The molecule has 0 atom stereocenters. The van der Waals surface area contributed by atoms with Gasteiger partial charge < -0.3 is 0 Å². The van der Waals surface area contributed by atoms with Crippen molar-refractivity contribution in [2.75, 3.05) is 31.9 Å². The Labute approximate surface area is 203 Å². The van der Waals surface area contributed by atoms with E-state index in [0.717, 1.165) is 6.07 Å². The lowest BCUT2D eigenvalue weighted by molar-refractivity contribution is -0.0891. The Morgan fingerprint density at radius 1 is 1.06 bits per heavy atom. The highest BCUT2D eigenvalue weighted by atomic mass is 35.5. The molecule has 2 aliphatic rings. The van der Waals surface area contributed by atoms with Crippen molar-refractivity contribution in [1.29, 1.82) is 0 Å². The van der Waals surface area contributed by atoms with Gasteiger partial charge in [0, 0.05) is 56.0 Å². The van der Waals surface area contributed by atoms with Crippen molar-refractivity contribution >= 4 is 39.0 Å². The third-order valence-electron chi connectivity index (χ3n) is 6.78. The fourth-order valence-electron chi connectivity index (χ4n) is 4.91. The molecule has 0 aromatic heterocycles. The van der Waals surface area contributed by atoms with Crippen molar-refractivity contribution in [2.24, 2.45) is 0 Å². The molecule has 186 valence electrons. The Kier molecular flexibility index (Phi) is 8.42. The summed E-state index contributed by atoms with van der Waals surface area (Å²) in [6.07, 6.45) is 0.503. The SMILES string of the molecule is CCCS(=O)(=O)N1CCN(C2(CCC(=O)c3c(F)cc(Cl)cc3Cl)CCC(F)(F)CC2)CC1. The Bertz CT molecular complexity index is 950. The largest absolute Gasteiger partial charge is 0.295 e. The van der Waals surface area contributed by atoms with Gasteiger partial charge in [-0.3, -0.25) is 9.69 Å². The van der Waals surface area contributed by atoms with Gasteiger partial charge in [-0.2, -0.15) is 4.31 Å². The summed E-state index contributed by atoms with van der Waals surface area (Å²) in [6, 6.07) is 2.32. The molecule has 1 heterocycles. The van der Waals surface area contributed by atoms with E-state index in [1.54, 1.807) is 6.92 Å². The maximum Gasteiger partial charge on any atom is 0.248 e. The van der Waals surface area contributed by atoms with Crippen molar-refractivity contribution < 1.29 is 26.4 Å². The maximum atomic E-state index is 14.3. The number of benzene rings is 1. The van der Waals surface area contributed by atoms with Crippen molar-refractivity contribution in [3.8, 4) is 0 Å². The van der Waals surface area contributed by atoms with Crippen LogP contribution in [0.1, 0.15) is 62.2 Å². The Morgan fingerprint density at radius 2 is 1.67 bits per heavy atom. The molecule has 1 saturated heterocycles. The van der Waals surface area contributed by atoms with Crippen molar-refractivity contribution in [1.82, 2.24) is 9.21 Å². The first-order valence-corrected chi connectivity index (χ1v) is 13.5. The highest BCUT2D eigenvalue weighted by molar-refractivity contribution is 7.89. The molecule has 1 aliphatic carbocycles. The third-order valence-corrected chi connectivity index (χ3v) is 9.37. The van der Waals surface area contributed by atoms with Crippen molar-refractivity contribution in [2.45, 2.75) is 63.3 Å². The van der Waals surface area contributed by atoms with Crippen LogP contribution in [0.5, 0.6) is 0 Å². The van der Waals surface area contributed by atoms with Crippen LogP contribution in [0.15, 0.2) is 12.1 Å². The second kappa shape index (κ2) is 10.4. The van der Waals surface area contributed by atoms with E-state index in [1.165, 1.54) is 10.4 Å². The minimum absolute atomic E-state index is 0.0573. The van der Waals surface area contributed by atoms with Crippen LogP contribution < -0.4 is 0 Å². The molecular weight excluding hydrogens is 500 g/mol. The second-order valence-corrected chi connectivity index (χ2v) is 11.9. The molecular formula is C22H29Cl2F3N2O3S. The average molecular weight is 529 g/mol. The number of carbonyl (C=O) groups is 1. The van der Waals surface area contributed by atoms with E-state index in [0.29, 0.717) is 19.5 Å². The number of Topliss-reactive ketones (excluding diaryl/α,β-unsaturated/α-hetero) is 1. The molecule has 0 bridgehead atoms. The number of piperazine rings is 1. The molecule has 33 heavy (non-hydrogen) atoms. The zero-order valence-electron chi connectivity index (χ0n) is 18.6. The second-order valence-electron chi connectivity index (χ2n) is 8.95. The van der Waals surface area contributed by atoms with Gasteiger partial charge in [0.2, 0.25) is 15.9 Å². The van der Waals surface area contributed by atoms with Crippen LogP contribution in [0, 0.1) is 5.82 Å². The Balaban J connectivity index is 1.75. The summed E-state index contributed by atoms with van der Waals surface area (Å²) >= 11 is 11.8. The molecule has 1 aliphatic heterocycles. The van der Waals surface area contributed by atoms with Gasteiger partial charge in [0.1, 0.15) is 5.82 Å². The van der Waals surface area contributed by atoms with Gasteiger partial charge in [-0.25, -0.2) is 21.6 Å². The smallest absolute Gasteiger partial charge is 0.248 e. The Hall–Kier alpha value is -0.870. The molecule has 0 N–H and O–H groups in total. The molecule has 0 unspecified atom stereocenters. The fourth-order valence-corrected chi connectivity index (χ4v) is 6.98. The molecule has 5 nitrogen and oxygen atoms in total. The number of halogens is 5. The van der Waals surface area contributed by atoms with Crippen LogP contribution in [-0.4, -0.2) is 66.8 Å². The predicted molar refractivity (Wildman–Crippen MR) is 123 cm³/mol. The fraction of sp³-hybridized carbons (Fsp3) is 0.682. The predicted octanol–water partition coefficient (Wildman–Crippen LogP) is 5.40. The zero-order valence-corrected chi connectivity index (χ0v) is 20.9. The van der Waals surface area contributed by atoms with Crippen LogP contribution in [0.2, 0.25) is 10.0 Å². The number of alkyl halides is 2. The van der Waals surface area contributed by atoms with Gasteiger partial charge in [-0.05, 0) is 37.8 Å². The standard InChI is InChI=1S/C22H29Cl2F3N2O3S/c1-2-13-33(31,32)29-11-9-28(10-12-29)21(5-7-22(26,27)8-6-21)4-3-19(30)20-17(24)14-16(23)15-18(20)25/h14-15H,2-13H2,1H3. The summed E-state index contributed by atoms with van der Waals surface area (Å²) in [5.74, 6) is -4.00. The topological polar surface area (TPSA) is 57.7 Å². The summed E-state index contributed by atoms with van der Waals surface area (Å²) in [6.45, 7) is 3.17. The van der Waals surface area contributed by atoms with Crippen LogP contribution in [-0.2, 0) is 10.0 Å². The highest BCUT2D eigenvalue weighted by Crippen LogP contribution is 2.44. The summed E-state index contributed by atoms with van der Waals surface area (Å²) in [4.78, 5) is 14.9. The molecule has 0 amide bonds. The molecule has 2 fully saturated rings. The number of hydrogen-bond acceptors (Lipinski definition) is 4. The quantitative estimate of drug-likeness (QED) is 0.424. The first-order valence-electron chi connectivity index (χ1n) is 11.2. The van der Waals surface area contributed by atoms with E-state index < -0.39 is 33.1 Å². The average Bonchev–Trinajstić information content (AvgIpc) is 2.73. The molecule has 1 saturated carbocycles. The summed E-state index contributed by atoms with van der Waals surface area (Å²) < 4.78 is 68.5. The first-order chi connectivity index (χ1) is 15.4. The van der Waals surface area contributed by atoms with Crippen LogP contribution in [0.4, 0.5) is 13.2 Å². The first kappa shape index (κ1) is 26.7. The number of hydrogen-bond donors (Lipinski definition) is 0. The maximum absolute atomic E-state index is 14.3. The molecule has 0 spiro atoms. The zero-order chi connectivity index (χ0) is 24.4. The van der Waals surface area contributed by atoms with Gasteiger partial charge >= 0.3 is 0 Å². The lowest BCUT2D eigenvalue weighted by Gasteiger charge is -2.51. The van der Waals surface area contributed by atoms with Crippen LogP contribution in [0.3, 0.4) is 0 Å². The number of sulfonamides is 1. The molecule has 3 rings (SSSR count). The summed E-state index contributed by atoms with van der Waals surface area (Å²) in [5, 5.41) is -0.0000917. The summed E-state index contributed by atoms with van der Waals surface area (Å²) in [5.41, 5.74) is -0.916. The van der Waals surface area contributed by atoms with E-state index >= 15 is 0 Å². The lowest BCUT2D eigenvalue weighted by Crippen LogP contribution is -2.60. The number of carbonyl (C=O) groups excluding carboxylic acids is 1. The van der Waals surface area contributed by atoms with Crippen molar-refractivity contribution in [3.05, 3.63) is 33.6 Å². The van der Waals surface area contributed by atoms with E-state index in [1.807, 2.05) is 4.90 Å². The number of nitrogens with zero attached hydrogens (tertiary/aromatic N) is 2. The Morgan fingerprint density at radius 3 is 2.21 bits per heavy atom. The normalized spacial score (nSPS) is 21.8.